The molecule has 0 radical (unpaired) electrons. The summed E-state index contributed by atoms with van der Waals surface area (Å²) in [5.41, 5.74) is -0.199. The summed E-state index contributed by atoms with van der Waals surface area (Å²) >= 11 is 0. The highest BCUT2D eigenvalue weighted by molar-refractivity contribution is 7.90. The van der Waals surface area contributed by atoms with E-state index in [4.69, 9.17) is 5.11 Å². The Bertz CT molecular complexity index is 612. The van der Waals surface area contributed by atoms with Gasteiger partial charge in [-0.3, -0.25) is 4.72 Å². The summed E-state index contributed by atoms with van der Waals surface area (Å²) in [6.45, 7) is 0. The Morgan fingerprint density at radius 1 is 1.33 bits per heavy atom. The first-order chi connectivity index (χ1) is 9.90. The lowest BCUT2D eigenvalue weighted by Crippen LogP contribution is -2.41. The number of anilines is 1. The molecule has 116 valence electrons. The van der Waals surface area contributed by atoms with Gasteiger partial charge in [-0.2, -0.15) is 12.7 Å². The Morgan fingerprint density at radius 3 is 2.62 bits per heavy atom. The molecule has 0 unspecified atom stereocenters. The number of rotatable bonds is 5. The fraction of sp³-hybridized carbons (Fsp3) is 0.538. The molecular weight excluding hydrogens is 294 g/mol. The molecule has 0 aliphatic heterocycles. The Balaban J connectivity index is 2.12. The molecule has 0 atom stereocenters. The largest absolute Gasteiger partial charge is 0.477 e. The molecule has 1 aromatic heterocycles. The average molecular weight is 313 g/mol. The summed E-state index contributed by atoms with van der Waals surface area (Å²) in [4.78, 5) is 14.6. The molecule has 2 N–H and O–H groups in total. The molecule has 1 aromatic rings. The summed E-state index contributed by atoms with van der Waals surface area (Å²) in [6, 6.07) is 4.18. The maximum Gasteiger partial charge on any atom is 0.354 e. The zero-order valence-electron chi connectivity index (χ0n) is 11.8. The molecule has 0 aromatic carbocycles. The highest BCUT2D eigenvalue weighted by atomic mass is 32.2. The van der Waals surface area contributed by atoms with Gasteiger partial charge in [0, 0.05) is 13.1 Å². The Kier molecular flexibility index (Phi) is 4.79. The van der Waals surface area contributed by atoms with E-state index in [2.05, 4.69) is 9.71 Å². The summed E-state index contributed by atoms with van der Waals surface area (Å²) in [6.07, 6.45) is 4.88. The standard InChI is InChI=1S/C13H19N3O4S/c1-16(10-6-3-2-4-7-10)21(19,20)15-12-9-5-8-11(14-12)13(17)18/h5,8-10H,2-4,6-7H2,1H3,(H,14,15)(H,17,18). The van der Waals surface area contributed by atoms with E-state index in [1.54, 1.807) is 7.05 Å². The minimum absolute atomic E-state index is 0.0116. The lowest BCUT2D eigenvalue weighted by molar-refractivity contribution is 0.0690. The predicted octanol–water partition coefficient (Wildman–Crippen LogP) is 1.70. The average Bonchev–Trinajstić information content (AvgIpc) is 2.47. The Hall–Kier alpha value is -1.67. The number of aromatic carboxylic acids is 1. The quantitative estimate of drug-likeness (QED) is 0.862. The first-order valence-corrected chi connectivity index (χ1v) is 8.30. The number of nitrogens with one attached hydrogen (secondary N) is 1. The molecule has 1 aliphatic rings. The molecule has 0 spiro atoms. The van der Waals surface area contributed by atoms with E-state index >= 15 is 0 Å². The molecule has 1 fully saturated rings. The zero-order chi connectivity index (χ0) is 15.5. The second kappa shape index (κ2) is 6.40. The van der Waals surface area contributed by atoms with Crippen molar-refractivity contribution in [3.8, 4) is 0 Å². The van der Waals surface area contributed by atoms with Crippen molar-refractivity contribution in [1.82, 2.24) is 9.29 Å². The first kappa shape index (κ1) is 15.7. The predicted molar refractivity (Wildman–Crippen MR) is 78.4 cm³/mol. The molecule has 1 heterocycles. The van der Waals surface area contributed by atoms with E-state index in [0.717, 1.165) is 32.1 Å². The third-order valence-electron chi connectivity index (χ3n) is 3.67. The van der Waals surface area contributed by atoms with Gasteiger partial charge in [-0.25, -0.2) is 9.78 Å². The third kappa shape index (κ3) is 3.92. The van der Waals surface area contributed by atoms with Crippen LogP contribution in [-0.4, -0.2) is 41.9 Å². The van der Waals surface area contributed by atoms with Gasteiger partial charge >= 0.3 is 16.2 Å². The van der Waals surface area contributed by atoms with Gasteiger partial charge in [0.05, 0.1) is 0 Å². The molecule has 7 nitrogen and oxygen atoms in total. The van der Waals surface area contributed by atoms with Crippen molar-refractivity contribution in [1.29, 1.82) is 0 Å². The molecule has 2 rings (SSSR count). The summed E-state index contributed by atoms with van der Waals surface area (Å²) in [5.74, 6) is -1.19. The van der Waals surface area contributed by atoms with Gasteiger partial charge in [-0.1, -0.05) is 25.3 Å². The minimum Gasteiger partial charge on any atom is -0.477 e. The van der Waals surface area contributed by atoms with Crippen molar-refractivity contribution in [3.05, 3.63) is 23.9 Å². The lowest BCUT2D eigenvalue weighted by atomic mass is 9.96. The Labute approximate surface area is 124 Å². The van der Waals surface area contributed by atoms with Crippen molar-refractivity contribution in [3.63, 3.8) is 0 Å². The normalized spacial score (nSPS) is 16.9. The second-order valence-electron chi connectivity index (χ2n) is 5.13. The van der Waals surface area contributed by atoms with Gasteiger partial charge in [0.25, 0.3) is 0 Å². The fourth-order valence-corrected chi connectivity index (χ4v) is 3.58. The van der Waals surface area contributed by atoms with Crippen LogP contribution in [0.3, 0.4) is 0 Å². The van der Waals surface area contributed by atoms with Gasteiger partial charge in [0.15, 0.2) is 5.69 Å². The first-order valence-electron chi connectivity index (χ1n) is 6.86. The Morgan fingerprint density at radius 2 is 2.00 bits per heavy atom. The number of carboxylic acid groups (broad SMARTS) is 1. The van der Waals surface area contributed by atoms with Crippen LogP contribution in [0.25, 0.3) is 0 Å². The van der Waals surface area contributed by atoms with Crippen molar-refractivity contribution >= 4 is 22.0 Å². The maximum absolute atomic E-state index is 12.3. The number of aromatic nitrogens is 1. The van der Waals surface area contributed by atoms with Gasteiger partial charge in [-0.15, -0.1) is 0 Å². The van der Waals surface area contributed by atoms with Crippen molar-refractivity contribution in [2.45, 2.75) is 38.1 Å². The monoisotopic (exact) mass is 313 g/mol. The smallest absolute Gasteiger partial charge is 0.354 e. The highest BCUT2D eigenvalue weighted by Gasteiger charge is 2.27. The molecule has 8 heteroatoms. The highest BCUT2D eigenvalue weighted by Crippen LogP contribution is 2.24. The number of hydrogen-bond acceptors (Lipinski definition) is 4. The number of pyridine rings is 1. The van der Waals surface area contributed by atoms with Gasteiger partial charge in [-0.05, 0) is 25.0 Å². The van der Waals surface area contributed by atoms with Crippen LogP contribution < -0.4 is 4.72 Å². The van der Waals surface area contributed by atoms with E-state index in [-0.39, 0.29) is 17.6 Å². The van der Waals surface area contributed by atoms with Crippen LogP contribution in [0.15, 0.2) is 18.2 Å². The SMILES string of the molecule is CN(C1CCCCC1)S(=O)(=O)Nc1cccc(C(=O)O)n1. The van der Waals surface area contributed by atoms with Crippen molar-refractivity contribution in [2.75, 3.05) is 11.8 Å². The van der Waals surface area contributed by atoms with E-state index in [0.29, 0.717) is 0 Å². The molecule has 0 amide bonds. The van der Waals surface area contributed by atoms with Gasteiger partial charge in [0.1, 0.15) is 5.82 Å². The number of carbonyl (C=O) groups is 1. The van der Waals surface area contributed by atoms with Gasteiger partial charge in [0.2, 0.25) is 0 Å². The lowest BCUT2D eigenvalue weighted by Gasteiger charge is -2.30. The zero-order valence-corrected chi connectivity index (χ0v) is 12.6. The van der Waals surface area contributed by atoms with E-state index in [9.17, 15) is 13.2 Å². The molecule has 1 saturated carbocycles. The maximum atomic E-state index is 12.3. The van der Waals surface area contributed by atoms with Crippen LogP contribution >= 0.6 is 0 Å². The molecule has 21 heavy (non-hydrogen) atoms. The van der Waals surface area contributed by atoms with Crippen molar-refractivity contribution < 1.29 is 18.3 Å². The van der Waals surface area contributed by atoms with Crippen LogP contribution in [0.5, 0.6) is 0 Å². The number of hydrogen-bond donors (Lipinski definition) is 2. The van der Waals surface area contributed by atoms with Crippen molar-refractivity contribution in [2.24, 2.45) is 0 Å². The second-order valence-corrected chi connectivity index (χ2v) is 6.86. The van der Waals surface area contributed by atoms with Gasteiger partial charge < -0.3 is 5.11 Å². The van der Waals surface area contributed by atoms with Crippen LogP contribution in [0, 0.1) is 0 Å². The third-order valence-corrected chi connectivity index (χ3v) is 5.19. The molecular formula is C13H19N3O4S. The molecule has 0 saturated heterocycles. The van der Waals surface area contributed by atoms with Crippen LogP contribution in [0.4, 0.5) is 5.82 Å². The van der Waals surface area contributed by atoms with Crippen LogP contribution in [0.2, 0.25) is 0 Å². The number of nitrogens with zero attached hydrogens (tertiary/aromatic N) is 2. The summed E-state index contributed by atoms with van der Waals surface area (Å²) in [7, 11) is -2.19. The summed E-state index contributed by atoms with van der Waals surface area (Å²) in [5, 5.41) is 8.87. The molecule has 0 bridgehead atoms. The topological polar surface area (TPSA) is 99.6 Å². The summed E-state index contributed by atoms with van der Waals surface area (Å²) < 4.78 is 28.3. The number of carboxylic acids is 1. The molecule has 1 aliphatic carbocycles. The van der Waals surface area contributed by atoms with Crippen LogP contribution in [-0.2, 0) is 10.2 Å². The fourth-order valence-electron chi connectivity index (χ4n) is 2.46. The van der Waals surface area contributed by atoms with E-state index in [1.807, 2.05) is 0 Å². The van der Waals surface area contributed by atoms with E-state index in [1.165, 1.54) is 22.5 Å². The van der Waals surface area contributed by atoms with E-state index < -0.39 is 16.2 Å². The minimum atomic E-state index is -3.73. The van der Waals surface area contributed by atoms with Crippen LogP contribution in [0.1, 0.15) is 42.6 Å².